The molecule has 2 aromatic heterocycles. The Morgan fingerprint density at radius 1 is 1.43 bits per heavy atom. The number of ether oxygens (including phenoxy) is 1. The number of nitrogens with two attached hydrogens (primary N) is 1. The van der Waals surface area contributed by atoms with Crippen molar-refractivity contribution in [3.63, 3.8) is 0 Å². The van der Waals surface area contributed by atoms with Crippen LogP contribution in [0.15, 0.2) is 30.5 Å². The van der Waals surface area contributed by atoms with Gasteiger partial charge in [0.15, 0.2) is 17.0 Å². The maximum atomic E-state index is 11.5. The summed E-state index contributed by atoms with van der Waals surface area (Å²) >= 11 is 5.59. The van der Waals surface area contributed by atoms with E-state index in [1.54, 1.807) is 0 Å². The molecule has 4 N–H and O–H groups in total. The van der Waals surface area contributed by atoms with Crippen LogP contribution in [0.3, 0.4) is 0 Å². The van der Waals surface area contributed by atoms with Gasteiger partial charge in [0.25, 0.3) is 0 Å². The summed E-state index contributed by atoms with van der Waals surface area (Å²) in [6.07, 6.45) is 3.31. The number of methoxy groups -OCH3 is 1. The average Bonchev–Trinajstić information content (AvgIpc) is 3.35. The van der Waals surface area contributed by atoms with Gasteiger partial charge in [-0.3, -0.25) is 0 Å². The molecule has 11 heteroatoms. The van der Waals surface area contributed by atoms with Gasteiger partial charge in [0.1, 0.15) is 0 Å². The van der Waals surface area contributed by atoms with Crippen molar-refractivity contribution in [1.82, 2.24) is 19.4 Å². The summed E-state index contributed by atoms with van der Waals surface area (Å²) in [5, 5.41) is 21.4. The highest BCUT2D eigenvalue weighted by Gasteiger charge is 2.21. The number of nitriles is 1. The number of nitrogen functional groups attached to an aromatic ring is 1. The lowest BCUT2D eigenvalue weighted by molar-refractivity contribution is 0.0590. The van der Waals surface area contributed by atoms with Crippen molar-refractivity contribution in [3.05, 3.63) is 58.5 Å². The first-order valence-corrected chi connectivity index (χ1v) is 9.12. The van der Waals surface area contributed by atoms with E-state index >= 15 is 0 Å². The van der Waals surface area contributed by atoms with Crippen LogP contribution < -0.4 is 10.6 Å². The maximum Gasteiger partial charge on any atom is 0.356 e. The molecule has 3 aromatic rings. The number of nitrogens with one attached hydrogen (secondary N) is 1. The van der Waals surface area contributed by atoms with Crippen LogP contribution >= 0.6 is 11.8 Å². The normalized spacial score (nSPS) is 14.4. The zero-order valence-corrected chi connectivity index (χ0v) is 16.6. The van der Waals surface area contributed by atoms with E-state index in [2.05, 4.69) is 25.7 Å². The second kappa shape index (κ2) is 8.77. The van der Waals surface area contributed by atoms with Crippen molar-refractivity contribution in [3.8, 4) is 6.07 Å². The van der Waals surface area contributed by atoms with Crippen molar-refractivity contribution < 1.29 is 19.4 Å². The van der Waals surface area contributed by atoms with Crippen molar-refractivity contribution in [1.29, 1.82) is 5.26 Å². The van der Waals surface area contributed by atoms with Crippen LogP contribution in [0.2, 0.25) is 0 Å². The van der Waals surface area contributed by atoms with Gasteiger partial charge in [-0.05, 0) is 47.9 Å². The number of carbonyl (C=O) groups excluding carboxylic acids is 1. The van der Waals surface area contributed by atoms with Crippen LogP contribution in [0, 0.1) is 11.3 Å². The quantitative estimate of drug-likeness (QED) is 0.419. The van der Waals surface area contributed by atoms with Gasteiger partial charge in [-0.1, -0.05) is 6.07 Å². The molecular formula is C19H17ClN6O4. The average molecular weight is 429 g/mol. The Balaban J connectivity index is 0.000000177. The fraction of sp³-hybridized carbons (Fsp3) is 0.211. The third-order valence-electron chi connectivity index (χ3n) is 4.59. The molecule has 2 heterocycles. The van der Waals surface area contributed by atoms with Gasteiger partial charge < -0.3 is 15.6 Å². The molecular weight excluding hydrogens is 412 g/mol. The summed E-state index contributed by atoms with van der Waals surface area (Å²) in [5.74, 6) is -1.98. The zero-order chi connectivity index (χ0) is 21.8. The molecule has 1 atom stereocenters. The molecule has 0 aliphatic heterocycles. The van der Waals surface area contributed by atoms with Gasteiger partial charge in [-0.2, -0.15) is 10.4 Å². The predicted octanol–water partition coefficient (Wildman–Crippen LogP) is 2.09. The smallest absolute Gasteiger partial charge is 0.356 e. The highest BCUT2D eigenvalue weighted by Crippen LogP contribution is 2.31. The molecule has 10 nitrogen and oxygen atoms in total. The van der Waals surface area contributed by atoms with E-state index in [0.29, 0.717) is 0 Å². The number of anilines is 1. The summed E-state index contributed by atoms with van der Waals surface area (Å²) in [4.78, 5) is 28.8. The molecule has 154 valence electrons. The monoisotopic (exact) mass is 428 g/mol. The van der Waals surface area contributed by atoms with Crippen LogP contribution in [0.1, 0.15) is 50.1 Å². The zero-order valence-electron chi connectivity index (χ0n) is 15.8. The lowest BCUT2D eigenvalue weighted by Gasteiger charge is -2.07. The molecule has 0 spiro atoms. The highest BCUT2D eigenvalue weighted by atomic mass is 35.5. The van der Waals surface area contributed by atoms with Gasteiger partial charge in [-0.15, -0.1) is 0 Å². The summed E-state index contributed by atoms with van der Waals surface area (Å²) < 4.78 is 5.66. The van der Waals surface area contributed by atoms with Crippen molar-refractivity contribution in [2.75, 3.05) is 12.8 Å². The second-order valence-electron chi connectivity index (χ2n) is 6.38. The molecule has 0 saturated heterocycles. The Morgan fingerprint density at radius 3 is 2.83 bits per heavy atom. The molecule has 1 aromatic carbocycles. The number of esters is 1. The van der Waals surface area contributed by atoms with Gasteiger partial charge in [0.05, 0.1) is 30.6 Å². The van der Waals surface area contributed by atoms with Gasteiger partial charge >= 0.3 is 11.9 Å². The standard InChI is InChI=1S/C10H9ClN2.C9H8N4O4/c11-13-10-4-2-8-5-7(6-12)1-3-9(8)10;1-17-9(16)6-2-5(8(14)15)12-7-4(10)3-11-13(6)7/h1,3,5,10,13H,2,4H2;2-3H,10H2,1H3,(H,14,15)/t10-;/m0./s1. The van der Waals surface area contributed by atoms with E-state index in [1.165, 1.54) is 24.4 Å². The molecule has 0 saturated carbocycles. The first kappa shape index (κ1) is 21.0. The minimum absolute atomic E-state index is 0.0494. The number of nitrogens with zero attached hydrogens (tertiary/aromatic N) is 4. The minimum atomic E-state index is -1.27. The van der Waals surface area contributed by atoms with Gasteiger partial charge in [0, 0.05) is 12.1 Å². The number of carboxylic acid groups (broad SMARTS) is 1. The number of aryl methyl sites for hydroxylation is 1. The fourth-order valence-electron chi connectivity index (χ4n) is 3.14. The highest BCUT2D eigenvalue weighted by molar-refractivity contribution is 6.13. The molecule has 1 aliphatic carbocycles. The number of fused-ring (bicyclic) bond motifs is 2. The van der Waals surface area contributed by atoms with Crippen LogP contribution in [-0.2, 0) is 11.2 Å². The molecule has 4 rings (SSSR count). The van der Waals surface area contributed by atoms with E-state index in [0.717, 1.165) is 29.0 Å². The fourth-order valence-corrected chi connectivity index (χ4v) is 3.37. The Labute approximate surface area is 175 Å². The number of aromatic carboxylic acids is 1. The SMILES string of the molecule is COC(=O)c1cc(C(=O)O)nc2c(N)cnn12.N#Cc1ccc2c(c1)CC[C@@H]2NCl. The Bertz CT molecular complexity index is 1170. The molecule has 30 heavy (non-hydrogen) atoms. The van der Waals surface area contributed by atoms with Crippen molar-refractivity contribution >= 4 is 35.0 Å². The van der Waals surface area contributed by atoms with Crippen LogP contribution in [0.25, 0.3) is 5.65 Å². The molecule has 1 aliphatic rings. The van der Waals surface area contributed by atoms with E-state index < -0.39 is 11.9 Å². The number of hydrogen-bond donors (Lipinski definition) is 3. The number of benzene rings is 1. The second-order valence-corrected chi connectivity index (χ2v) is 6.60. The Hall–Kier alpha value is -3.68. The Kier molecular flexibility index (Phi) is 6.15. The number of halogens is 1. The third-order valence-corrected chi connectivity index (χ3v) is 4.86. The largest absolute Gasteiger partial charge is 0.477 e. The Morgan fingerprint density at radius 2 is 2.20 bits per heavy atom. The number of hydrogen-bond acceptors (Lipinski definition) is 8. The summed E-state index contributed by atoms with van der Waals surface area (Å²) in [6.45, 7) is 0. The summed E-state index contributed by atoms with van der Waals surface area (Å²) in [5.41, 5.74) is 8.70. The van der Waals surface area contributed by atoms with Crippen molar-refractivity contribution in [2.45, 2.75) is 18.9 Å². The topological polar surface area (TPSA) is 156 Å². The molecule has 0 unspecified atom stereocenters. The third kappa shape index (κ3) is 4.03. The predicted molar refractivity (Wildman–Crippen MR) is 107 cm³/mol. The van der Waals surface area contributed by atoms with Crippen molar-refractivity contribution in [2.24, 2.45) is 0 Å². The summed E-state index contributed by atoms with van der Waals surface area (Å²) in [6, 6.07) is 9.24. The van der Waals surface area contributed by atoms with E-state index in [1.807, 2.05) is 18.2 Å². The maximum absolute atomic E-state index is 11.5. The molecule has 0 radical (unpaired) electrons. The van der Waals surface area contributed by atoms with E-state index in [-0.39, 0.29) is 28.8 Å². The number of aromatic nitrogens is 3. The lowest BCUT2D eigenvalue weighted by atomic mass is 10.1. The lowest BCUT2D eigenvalue weighted by Crippen LogP contribution is -2.13. The number of rotatable bonds is 3. The van der Waals surface area contributed by atoms with E-state index in [4.69, 9.17) is 27.9 Å². The van der Waals surface area contributed by atoms with Crippen LogP contribution in [0.4, 0.5) is 5.69 Å². The minimum Gasteiger partial charge on any atom is -0.477 e. The van der Waals surface area contributed by atoms with E-state index in [9.17, 15) is 9.59 Å². The molecule has 0 amide bonds. The summed E-state index contributed by atoms with van der Waals surface area (Å²) in [7, 11) is 1.18. The molecule has 0 fully saturated rings. The van der Waals surface area contributed by atoms with Gasteiger partial charge in [-0.25, -0.2) is 23.9 Å². The van der Waals surface area contributed by atoms with Crippen LogP contribution in [0.5, 0.6) is 0 Å². The number of carbonyl (C=O) groups is 2. The number of carboxylic acids is 1. The first-order chi connectivity index (χ1) is 14.4. The van der Waals surface area contributed by atoms with Crippen LogP contribution in [-0.4, -0.2) is 38.8 Å². The molecule has 0 bridgehead atoms. The van der Waals surface area contributed by atoms with Gasteiger partial charge in [0.2, 0.25) is 0 Å². The first-order valence-electron chi connectivity index (χ1n) is 8.74.